The van der Waals surface area contributed by atoms with Gasteiger partial charge in [0.2, 0.25) is 26.4 Å². The molecule has 121 heavy (non-hydrogen) atoms. The monoisotopic (exact) mass is 1660 g/mol. The Morgan fingerprint density at radius 1 is 0.182 bits per heavy atom. The predicted molar refractivity (Wildman–Crippen MR) is 499 cm³/mol. The standard InChI is InChI=1S/C33H26ClN3.2C20H13ClN2.C18H11ClN2.C14H9ClN2/c1-32(2)25-11-7-5-9-21(25)23-17-19(13-15-27(23)32)29-35-30(37-31(34)36-29)20-14-16-28-24(18-20)22-10-6-8-12-26(22)33(28,3)4;21-20-22-18-12-5-4-11-17(18)19(23-20)16-10-6-9-15(13-16)14-7-2-1-3-8-14;21-20-22-18-9-5-4-8-17(18)19(23-20)16-12-10-15(11-13-16)14-6-2-1-3-7-14;19-18-20-16-11-4-3-9-15(16)17(21-18)14-10-5-7-12-6-1-2-8-13(12)14;15-14-16-12-9-5-4-8-11(12)13(17-14)10-6-2-1-3-7-10/h5-18H,1-4H3;2*1-13H;1-11H;1-9H. The summed E-state index contributed by atoms with van der Waals surface area (Å²) in [5.41, 5.74) is 27.9. The summed E-state index contributed by atoms with van der Waals surface area (Å²) >= 11 is 30.7. The lowest BCUT2D eigenvalue weighted by atomic mass is 9.82. The van der Waals surface area contributed by atoms with E-state index in [4.69, 9.17) is 63.0 Å². The van der Waals surface area contributed by atoms with E-state index in [0.717, 1.165) is 105 Å². The van der Waals surface area contributed by atoms with Gasteiger partial charge >= 0.3 is 0 Å². The minimum Gasteiger partial charge on any atom is -0.218 e. The third-order valence-corrected chi connectivity index (χ3v) is 23.0. The molecule has 5 heterocycles. The van der Waals surface area contributed by atoms with Crippen molar-refractivity contribution in [1.29, 1.82) is 0 Å². The van der Waals surface area contributed by atoms with Crippen LogP contribution in [-0.4, -0.2) is 54.8 Å². The van der Waals surface area contributed by atoms with Crippen LogP contribution >= 0.6 is 58.0 Å². The van der Waals surface area contributed by atoms with Gasteiger partial charge in [0.15, 0.2) is 11.6 Å². The Kier molecular flexibility index (Phi) is 22.1. The van der Waals surface area contributed by atoms with Crippen LogP contribution in [0, 0.1) is 0 Å². The Labute approximate surface area is 725 Å². The van der Waals surface area contributed by atoms with Crippen molar-refractivity contribution in [3.8, 4) is 112 Å². The molecular formula is C105H72Cl5N11. The lowest BCUT2D eigenvalue weighted by Gasteiger charge is -2.21. The van der Waals surface area contributed by atoms with Gasteiger partial charge in [-0.15, -0.1) is 0 Å². The number of benzene rings is 15. The van der Waals surface area contributed by atoms with Gasteiger partial charge in [-0.05, 0) is 178 Å². The summed E-state index contributed by atoms with van der Waals surface area (Å²) in [5.74, 6) is 1.17. The quantitative estimate of drug-likeness (QED) is 0.134. The molecule has 2 aliphatic rings. The van der Waals surface area contributed by atoms with Gasteiger partial charge in [0.25, 0.3) is 0 Å². The third kappa shape index (κ3) is 16.2. The van der Waals surface area contributed by atoms with E-state index < -0.39 is 0 Å². The molecule has 0 N–H and O–H groups in total. The molecule has 0 saturated carbocycles. The summed E-state index contributed by atoms with van der Waals surface area (Å²) in [5, 5.41) is 7.68. The minimum absolute atomic E-state index is 0.0408. The molecule has 15 aromatic carbocycles. The Morgan fingerprint density at radius 2 is 0.471 bits per heavy atom. The van der Waals surface area contributed by atoms with Gasteiger partial charge in [0, 0.05) is 65.8 Å². The number of rotatable bonds is 8. The summed E-state index contributed by atoms with van der Waals surface area (Å²) in [6.07, 6.45) is 0. The average molecular weight is 1670 g/mol. The molecular weight excluding hydrogens is 1590 g/mol. The highest BCUT2D eigenvalue weighted by Crippen LogP contribution is 2.51. The number of halogens is 5. The predicted octanol–water partition coefficient (Wildman–Crippen LogP) is 28.8. The number of fused-ring (bicyclic) bond motifs is 11. The average Bonchev–Trinajstić information content (AvgIpc) is 1.55. The Bertz CT molecular complexity index is 7170. The van der Waals surface area contributed by atoms with Crippen molar-refractivity contribution in [3.05, 3.63) is 413 Å². The summed E-state index contributed by atoms with van der Waals surface area (Å²) in [7, 11) is 0. The molecule has 16 heteroatoms. The molecule has 582 valence electrons. The number of hydrogen-bond acceptors (Lipinski definition) is 11. The van der Waals surface area contributed by atoms with E-state index in [0.29, 0.717) is 11.6 Å². The highest BCUT2D eigenvalue weighted by Gasteiger charge is 2.37. The number of nitrogens with zero attached hydrogens (tertiary/aromatic N) is 11. The van der Waals surface area contributed by atoms with E-state index in [2.05, 4.69) is 253 Å². The summed E-state index contributed by atoms with van der Waals surface area (Å²) < 4.78 is 0. The van der Waals surface area contributed by atoms with E-state index in [1.807, 2.05) is 188 Å². The van der Waals surface area contributed by atoms with E-state index in [9.17, 15) is 0 Å². The van der Waals surface area contributed by atoms with Crippen LogP contribution in [0.15, 0.2) is 364 Å². The maximum atomic E-state index is 6.47. The van der Waals surface area contributed by atoms with Gasteiger partial charge in [0.05, 0.1) is 44.8 Å². The van der Waals surface area contributed by atoms with Crippen molar-refractivity contribution in [1.82, 2.24) is 54.8 Å². The van der Waals surface area contributed by atoms with Crippen molar-refractivity contribution < 1.29 is 0 Å². The summed E-state index contributed by atoms with van der Waals surface area (Å²) in [6, 6.07) is 124. The smallest absolute Gasteiger partial charge is 0.218 e. The first-order valence-electron chi connectivity index (χ1n) is 39.5. The molecule has 0 atom stereocenters. The Hall–Kier alpha value is -13.6. The zero-order valence-corrected chi connectivity index (χ0v) is 69.7. The second kappa shape index (κ2) is 34.0. The molecule has 5 aromatic heterocycles. The normalized spacial score (nSPS) is 12.3. The van der Waals surface area contributed by atoms with Crippen molar-refractivity contribution in [2.45, 2.75) is 38.5 Å². The first-order chi connectivity index (χ1) is 59.0. The Balaban J connectivity index is 0.000000106. The van der Waals surface area contributed by atoms with Crippen LogP contribution in [0.4, 0.5) is 0 Å². The molecule has 22 rings (SSSR count). The largest absolute Gasteiger partial charge is 0.226 e. The van der Waals surface area contributed by atoms with Gasteiger partial charge in [0.1, 0.15) is 0 Å². The lowest BCUT2D eigenvalue weighted by Crippen LogP contribution is -2.14. The van der Waals surface area contributed by atoms with E-state index in [1.165, 1.54) is 72.0 Å². The molecule has 0 unspecified atom stereocenters. The van der Waals surface area contributed by atoms with Crippen LogP contribution < -0.4 is 0 Å². The fourth-order valence-corrected chi connectivity index (χ4v) is 17.2. The zero-order valence-electron chi connectivity index (χ0n) is 66.0. The van der Waals surface area contributed by atoms with Crippen molar-refractivity contribution in [2.75, 3.05) is 0 Å². The molecule has 2 aliphatic carbocycles. The van der Waals surface area contributed by atoms with Gasteiger partial charge in [-0.3, -0.25) is 0 Å². The van der Waals surface area contributed by atoms with E-state index >= 15 is 0 Å². The topological polar surface area (TPSA) is 142 Å². The summed E-state index contributed by atoms with van der Waals surface area (Å²) in [6.45, 7) is 9.12. The fraction of sp³-hybridized carbons (Fsp3) is 0.0571. The second-order valence-electron chi connectivity index (χ2n) is 30.3. The minimum atomic E-state index is -0.0408. The van der Waals surface area contributed by atoms with Crippen LogP contribution in [0.25, 0.3) is 167 Å². The van der Waals surface area contributed by atoms with Gasteiger partial charge in [-0.1, -0.05) is 349 Å². The van der Waals surface area contributed by atoms with Crippen molar-refractivity contribution in [3.63, 3.8) is 0 Å². The van der Waals surface area contributed by atoms with Gasteiger partial charge in [-0.2, -0.15) is 9.97 Å². The molecule has 0 saturated heterocycles. The summed E-state index contributed by atoms with van der Waals surface area (Å²) in [4.78, 5) is 48.7. The van der Waals surface area contributed by atoms with E-state index in [1.54, 1.807) is 0 Å². The lowest BCUT2D eigenvalue weighted by molar-refractivity contribution is 0.660. The Morgan fingerprint density at radius 3 is 0.942 bits per heavy atom. The molecule has 0 amide bonds. The SMILES string of the molecule is CC1(C)c2ccccc2-c2cc(-c3nc(Cl)nc(-c4ccc5c(c4)-c4ccccc4C5(C)C)n3)ccc21.Clc1nc(-c2ccc(-c3ccccc3)cc2)c2ccccc2n1.Clc1nc(-c2cccc(-c3ccccc3)c2)c2ccccc2n1.Clc1nc(-c2cccc3ccccc23)c2ccccc2n1.Clc1nc(-c2ccccc2)c2ccccc2n1. The number of para-hydroxylation sites is 4. The maximum Gasteiger partial charge on any atom is 0.226 e. The maximum absolute atomic E-state index is 6.47. The van der Waals surface area contributed by atoms with Gasteiger partial charge < -0.3 is 0 Å². The van der Waals surface area contributed by atoms with E-state index in [-0.39, 0.29) is 37.2 Å². The van der Waals surface area contributed by atoms with Crippen LogP contribution in [0.2, 0.25) is 26.4 Å². The highest BCUT2D eigenvalue weighted by atomic mass is 35.5. The zero-order chi connectivity index (χ0) is 82.7. The molecule has 20 aromatic rings. The van der Waals surface area contributed by atoms with Crippen LogP contribution in [0.5, 0.6) is 0 Å². The van der Waals surface area contributed by atoms with Gasteiger partial charge in [-0.25, -0.2) is 44.9 Å². The van der Waals surface area contributed by atoms with Crippen molar-refractivity contribution in [2.24, 2.45) is 0 Å². The molecule has 11 nitrogen and oxygen atoms in total. The molecule has 0 spiro atoms. The fourth-order valence-electron chi connectivity index (χ4n) is 16.3. The third-order valence-electron chi connectivity index (χ3n) is 22.2. The van der Waals surface area contributed by atoms with Crippen LogP contribution in [0.3, 0.4) is 0 Å². The molecule has 0 radical (unpaired) electrons. The second-order valence-corrected chi connectivity index (χ2v) is 32.0. The van der Waals surface area contributed by atoms with Crippen molar-refractivity contribution >= 4 is 112 Å². The van der Waals surface area contributed by atoms with Crippen LogP contribution in [-0.2, 0) is 10.8 Å². The highest BCUT2D eigenvalue weighted by molar-refractivity contribution is 6.30. The van der Waals surface area contributed by atoms with Crippen LogP contribution in [0.1, 0.15) is 49.9 Å². The number of aromatic nitrogens is 11. The molecule has 0 aliphatic heterocycles. The first-order valence-corrected chi connectivity index (χ1v) is 41.4. The number of hydrogen-bond donors (Lipinski definition) is 0. The first kappa shape index (κ1) is 78.5. The molecule has 0 bridgehead atoms. The molecule has 0 fully saturated rings.